The topological polar surface area (TPSA) is 38.0 Å². The highest BCUT2D eigenvalue weighted by molar-refractivity contribution is 5.80. The lowest BCUT2D eigenvalue weighted by Crippen LogP contribution is -1.95. The zero-order chi connectivity index (χ0) is 10.7. The van der Waals surface area contributed by atoms with Gasteiger partial charge in [0.1, 0.15) is 5.65 Å². The predicted molar refractivity (Wildman–Crippen MR) is 60.5 cm³/mol. The first kappa shape index (κ1) is 9.93. The van der Waals surface area contributed by atoms with E-state index in [0.717, 1.165) is 29.6 Å². The van der Waals surface area contributed by atoms with Gasteiger partial charge in [0.2, 0.25) is 0 Å². The number of aliphatic hydroxyl groups is 1. The van der Waals surface area contributed by atoms with Crippen LogP contribution in [-0.2, 0) is 13.2 Å². The fourth-order valence-corrected chi connectivity index (χ4v) is 1.72. The largest absolute Gasteiger partial charge is 0.392 e. The zero-order valence-corrected chi connectivity index (χ0v) is 8.56. The van der Waals surface area contributed by atoms with E-state index in [-0.39, 0.29) is 6.61 Å². The predicted octanol–water partition coefficient (Wildman–Crippen LogP) is 2.10. The molecule has 1 N–H and O–H groups in total. The van der Waals surface area contributed by atoms with Crippen LogP contribution in [0.25, 0.3) is 11.0 Å². The number of nitrogens with zero attached hydrogens (tertiary/aromatic N) is 2. The second-order valence-electron chi connectivity index (χ2n) is 3.46. The van der Waals surface area contributed by atoms with Gasteiger partial charge in [-0.15, -0.1) is 6.58 Å². The van der Waals surface area contributed by atoms with Gasteiger partial charge in [-0.25, -0.2) is 4.98 Å². The maximum Gasteiger partial charge on any atom is 0.140 e. The Balaban J connectivity index is 2.49. The maximum absolute atomic E-state index is 9.21. The summed E-state index contributed by atoms with van der Waals surface area (Å²) in [6, 6.07) is 3.87. The lowest BCUT2D eigenvalue weighted by atomic mass is 10.2. The van der Waals surface area contributed by atoms with Gasteiger partial charge in [-0.1, -0.05) is 6.08 Å². The molecular formula is C12H14N2O. The molecule has 0 radical (unpaired) electrons. The summed E-state index contributed by atoms with van der Waals surface area (Å²) in [5, 5.41) is 10.2. The number of pyridine rings is 1. The van der Waals surface area contributed by atoms with Gasteiger partial charge in [-0.3, -0.25) is 0 Å². The molecule has 0 aliphatic carbocycles. The van der Waals surface area contributed by atoms with E-state index in [9.17, 15) is 5.11 Å². The van der Waals surface area contributed by atoms with Gasteiger partial charge in [0, 0.05) is 29.9 Å². The second kappa shape index (κ2) is 4.28. The van der Waals surface area contributed by atoms with Gasteiger partial charge < -0.3 is 9.67 Å². The Morgan fingerprint density at radius 2 is 2.40 bits per heavy atom. The zero-order valence-electron chi connectivity index (χ0n) is 8.56. The number of aromatic nitrogens is 2. The fourth-order valence-electron chi connectivity index (χ4n) is 1.72. The minimum Gasteiger partial charge on any atom is -0.392 e. The molecule has 3 heteroatoms. The van der Waals surface area contributed by atoms with E-state index in [1.54, 1.807) is 6.20 Å². The third-order valence-corrected chi connectivity index (χ3v) is 2.46. The number of aryl methyl sites for hydroxylation is 1. The molecule has 15 heavy (non-hydrogen) atoms. The smallest absolute Gasteiger partial charge is 0.140 e. The minimum absolute atomic E-state index is 0.0588. The SMILES string of the molecule is C=CCCn1cc(CO)c2cccnc21. The van der Waals surface area contributed by atoms with E-state index in [0.29, 0.717) is 0 Å². The average Bonchev–Trinajstić information content (AvgIpc) is 2.65. The Bertz CT molecular complexity index is 473. The molecule has 0 aromatic carbocycles. The van der Waals surface area contributed by atoms with Gasteiger partial charge in [0.25, 0.3) is 0 Å². The molecule has 0 aliphatic heterocycles. The highest BCUT2D eigenvalue weighted by Crippen LogP contribution is 2.19. The number of allylic oxidation sites excluding steroid dienone is 1. The number of fused-ring (bicyclic) bond motifs is 1. The molecule has 3 nitrogen and oxygen atoms in total. The van der Waals surface area contributed by atoms with Gasteiger partial charge >= 0.3 is 0 Å². The van der Waals surface area contributed by atoms with E-state index in [4.69, 9.17) is 0 Å². The van der Waals surface area contributed by atoms with Crippen molar-refractivity contribution < 1.29 is 5.11 Å². The molecule has 2 rings (SSSR count). The quantitative estimate of drug-likeness (QED) is 0.771. The van der Waals surface area contributed by atoms with Crippen molar-refractivity contribution in [2.24, 2.45) is 0 Å². The number of rotatable bonds is 4. The van der Waals surface area contributed by atoms with Gasteiger partial charge in [-0.2, -0.15) is 0 Å². The summed E-state index contributed by atoms with van der Waals surface area (Å²) in [6.07, 6.45) is 6.52. The first-order valence-corrected chi connectivity index (χ1v) is 5.01. The molecular weight excluding hydrogens is 188 g/mol. The lowest BCUT2D eigenvalue weighted by molar-refractivity contribution is 0.283. The summed E-state index contributed by atoms with van der Waals surface area (Å²) in [5.41, 5.74) is 1.87. The van der Waals surface area contributed by atoms with E-state index < -0.39 is 0 Å². The molecule has 2 aromatic rings. The van der Waals surface area contributed by atoms with E-state index >= 15 is 0 Å². The number of hydrogen-bond donors (Lipinski definition) is 1. The molecule has 0 aliphatic rings. The standard InChI is InChI=1S/C12H14N2O/c1-2-3-7-14-8-10(9-15)11-5-4-6-13-12(11)14/h2,4-6,8,15H,1,3,7,9H2. The van der Waals surface area contributed by atoms with Crippen molar-refractivity contribution in [3.63, 3.8) is 0 Å². The summed E-state index contributed by atoms with van der Waals surface area (Å²) in [6.45, 7) is 4.62. The Morgan fingerprint density at radius 3 is 3.13 bits per heavy atom. The van der Waals surface area contributed by atoms with E-state index in [1.165, 1.54) is 0 Å². The monoisotopic (exact) mass is 202 g/mol. The maximum atomic E-state index is 9.21. The van der Waals surface area contributed by atoms with Crippen molar-refractivity contribution in [1.82, 2.24) is 9.55 Å². The number of hydrogen-bond acceptors (Lipinski definition) is 2. The van der Waals surface area contributed by atoms with E-state index in [2.05, 4.69) is 16.1 Å². The third-order valence-electron chi connectivity index (χ3n) is 2.46. The molecule has 78 valence electrons. The van der Waals surface area contributed by atoms with Crippen LogP contribution in [0.2, 0.25) is 0 Å². The Hall–Kier alpha value is -1.61. The molecule has 0 amide bonds. The van der Waals surface area contributed by atoms with E-state index in [1.807, 2.05) is 24.4 Å². The first-order chi connectivity index (χ1) is 7.36. The summed E-state index contributed by atoms with van der Waals surface area (Å²) < 4.78 is 2.06. The first-order valence-electron chi connectivity index (χ1n) is 5.01. The molecule has 2 heterocycles. The van der Waals surface area contributed by atoms with Crippen LogP contribution in [0.4, 0.5) is 0 Å². The molecule has 0 atom stereocenters. The molecule has 0 saturated heterocycles. The van der Waals surface area contributed by atoms with Crippen LogP contribution in [0, 0.1) is 0 Å². The summed E-state index contributed by atoms with van der Waals surface area (Å²) >= 11 is 0. The Kier molecular flexibility index (Phi) is 2.83. The molecule has 0 spiro atoms. The molecule has 0 bridgehead atoms. The van der Waals surface area contributed by atoms with Crippen LogP contribution in [-0.4, -0.2) is 14.7 Å². The van der Waals surface area contributed by atoms with Crippen molar-refractivity contribution >= 4 is 11.0 Å². The second-order valence-corrected chi connectivity index (χ2v) is 3.46. The number of aliphatic hydroxyl groups excluding tert-OH is 1. The third kappa shape index (κ3) is 1.78. The summed E-state index contributed by atoms with van der Waals surface area (Å²) in [4.78, 5) is 4.32. The van der Waals surface area contributed by atoms with Crippen LogP contribution in [0.15, 0.2) is 37.2 Å². The molecule has 2 aromatic heterocycles. The summed E-state index contributed by atoms with van der Waals surface area (Å²) in [7, 11) is 0. The molecule has 0 unspecified atom stereocenters. The van der Waals surface area contributed by atoms with Crippen LogP contribution < -0.4 is 0 Å². The lowest BCUT2D eigenvalue weighted by Gasteiger charge is -2.00. The van der Waals surface area contributed by atoms with Crippen molar-refractivity contribution in [2.75, 3.05) is 0 Å². The molecule has 0 fully saturated rings. The van der Waals surface area contributed by atoms with Crippen LogP contribution in [0.5, 0.6) is 0 Å². The highest BCUT2D eigenvalue weighted by Gasteiger charge is 2.07. The fraction of sp³-hybridized carbons (Fsp3) is 0.250. The van der Waals surface area contributed by atoms with Crippen molar-refractivity contribution in [2.45, 2.75) is 19.6 Å². The Labute approximate surface area is 88.7 Å². The van der Waals surface area contributed by atoms with Crippen molar-refractivity contribution in [1.29, 1.82) is 0 Å². The van der Waals surface area contributed by atoms with Crippen LogP contribution >= 0.6 is 0 Å². The molecule has 0 saturated carbocycles. The minimum atomic E-state index is 0.0588. The van der Waals surface area contributed by atoms with Crippen molar-refractivity contribution in [3.05, 3.63) is 42.7 Å². The van der Waals surface area contributed by atoms with Crippen molar-refractivity contribution in [3.8, 4) is 0 Å². The van der Waals surface area contributed by atoms with Gasteiger partial charge in [0.15, 0.2) is 0 Å². The summed E-state index contributed by atoms with van der Waals surface area (Å²) in [5.74, 6) is 0. The Morgan fingerprint density at radius 1 is 1.53 bits per heavy atom. The van der Waals surface area contributed by atoms with Crippen LogP contribution in [0.1, 0.15) is 12.0 Å². The van der Waals surface area contributed by atoms with Crippen LogP contribution in [0.3, 0.4) is 0 Å². The normalized spacial score (nSPS) is 10.7. The van der Waals surface area contributed by atoms with Gasteiger partial charge in [-0.05, 0) is 18.6 Å². The van der Waals surface area contributed by atoms with Gasteiger partial charge in [0.05, 0.1) is 6.61 Å². The highest BCUT2D eigenvalue weighted by atomic mass is 16.3. The average molecular weight is 202 g/mol.